The van der Waals surface area contributed by atoms with Gasteiger partial charge in [0.15, 0.2) is 0 Å². The lowest BCUT2D eigenvalue weighted by atomic mass is 10.2. The molecule has 92 valence electrons. The van der Waals surface area contributed by atoms with Crippen molar-refractivity contribution in [1.82, 2.24) is 4.98 Å². The summed E-state index contributed by atoms with van der Waals surface area (Å²) in [6.45, 7) is 1.49. The first kappa shape index (κ1) is 11.7. The van der Waals surface area contributed by atoms with Gasteiger partial charge in [-0.15, -0.1) is 0 Å². The maximum atomic E-state index is 11.2. The van der Waals surface area contributed by atoms with Crippen LogP contribution >= 0.6 is 0 Å². The largest absolute Gasteiger partial charge is 0.465 e. The summed E-state index contributed by atoms with van der Waals surface area (Å²) in [5, 5.41) is 3.09. The van der Waals surface area contributed by atoms with E-state index in [1.807, 2.05) is 0 Å². The van der Waals surface area contributed by atoms with Crippen LogP contribution in [0.3, 0.4) is 0 Å². The van der Waals surface area contributed by atoms with Crippen molar-refractivity contribution in [3.63, 3.8) is 0 Å². The zero-order chi connectivity index (χ0) is 12.3. The molecule has 2 heterocycles. The van der Waals surface area contributed by atoms with Gasteiger partial charge >= 0.3 is 5.97 Å². The Hall–Kier alpha value is -1.82. The molecule has 1 fully saturated rings. The molecule has 1 atom stereocenters. The monoisotopic (exact) mass is 237 g/mol. The normalized spacial score (nSPS) is 18.3. The molecule has 1 aliphatic rings. The summed E-state index contributed by atoms with van der Waals surface area (Å²) in [6.07, 6.45) is 2.72. The number of nitrogens with zero attached hydrogens (tertiary/aromatic N) is 1. The summed E-state index contributed by atoms with van der Waals surface area (Å²) in [4.78, 5) is 15.3. The lowest BCUT2D eigenvalue weighted by molar-refractivity contribution is -0.0410. The molecule has 2 rings (SSSR count). The second kappa shape index (κ2) is 5.01. The minimum atomic E-state index is -0.446. The zero-order valence-electron chi connectivity index (χ0n) is 9.60. The van der Waals surface area contributed by atoms with Gasteiger partial charge in [-0.1, -0.05) is 0 Å². The number of carbonyl (C=O) groups excluding carboxylic acids is 1. The van der Waals surface area contributed by atoms with E-state index in [2.05, 4.69) is 15.0 Å². The average Bonchev–Trinajstić information content (AvgIpc) is 2.28. The predicted molar refractivity (Wildman–Crippen MR) is 62.8 cm³/mol. The van der Waals surface area contributed by atoms with Crippen molar-refractivity contribution in [3.8, 4) is 0 Å². The third-order valence-electron chi connectivity index (χ3n) is 2.63. The van der Waals surface area contributed by atoms with Gasteiger partial charge in [0.2, 0.25) is 0 Å². The average molecular weight is 237 g/mol. The van der Waals surface area contributed by atoms with Gasteiger partial charge in [-0.05, 0) is 12.5 Å². The van der Waals surface area contributed by atoms with E-state index in [0.717, 1.165) is 13.0 Å². The number of rotatable bonds is 4. The first-order valence-corrected chi connectivity index (χ1v) is 5.40. The molecule has 1 aliphatic heterocycles. The molecule has 0 bridgehead atoms. The molecular formula is C11H15N3O3. The Balaban J connectivity index is 2.00. The summed E-state index contributed by atoms with van der Waals surface area (Å²) in [5.74, 6) is 0.117. The fraction of sp³-hybridized carbons (Fsp3) is 0.455. The van der Waals surface area contributed by atoms with Crippen LogP contribution in [-0.2, 0) is 9.47 Å². The molecule has 3 N–H and O–H groups in total. The molecule has 0 radical (unpaired) electrons. The highest BCUT2D eigenvalue weighted by atomic mass is 16.5. The highest BCUT2D eigenvalue weighted by Gasteiger charge is 2.18. The number of nitrogens with two attached hydrogens (primary N) is 1. The van der Waals surface area contributed by atoms with Gasteiger partial charge in [-0.25, -0.2) is 9.78 Å². The third-order valence-corrected chi connectivity index (χ3v) is 2.63. The summed E-state index contributed by atoms with van der Waals surface area (Å²) in [7, 11) is 1.32. The molecule has 6 nitrogen and oxygen atoms in total. The van der Waals surface area contributed by atoms with Gasteiger partial charge in [0.25, 0.3) is 0 Å². The Bertz CT molecular complexity index is 418. The van der Waals surface area contributed by atoms with Crippen molar-refractivity contribution < 1.29 is 14.3 Å². The van der Waals surface area contributed by atoms with Crippen LogP contribution in [0.1, 0.15) is 16.8 Å². The van der Waals surface area contributed by atoms with E-state index in [1.165, 1.54) is 13.3 Å². The van der Waals surface area contributed by atoms with E-state index in [1.54, 1.807) is 6.07 Å². The van der Waals surface area contributed by atoms with Crippen molar-refractivity contribution >= 4 is 17.5 Å². The smallest absolute Gasteiger partial charge is 0.339 e. The Labute approximate surface area is 99.1 Å². The van der Waals surface area contributed by atoms with Gasteiger partial charge in [-0.3, -0.25) is 0 Å². The number of anilines is 2. The number of carbonyl (C=O) groups is 1. The number of esters is 1. The first-order valence-electron chi connectivity index (χ1n) is 5.40. The number of hydrogen-bond acceptors (Lipinski definition) is 6. The molecule has 1 aromatic heterocycles. The molecule has 17 heavy (non-hydrogen) atoms. The molecule has 1 saturated heterocycles. The van der Waals surface area contributed by atoms with Crippen molar-refractivity contribution in [1.29, 1.82) is 0 Å². The summed E-state index contributed by atoms with van der Waals surface area (Å²) in [5.41, 5.74) is 6.55. The van der Waals surface area contributed by atoms with Crippen molar-refractivity contribution in [2.24, 2.45) is 0 Å². The summed E-state index contributed by atoms with van der Waals surface area (Å²) < 4.78 is 9.85. The minimum Gasteiger partial charge on any atom is -0.465 e. The molecule has 1 aromatic rings. The fourth-order valence-electron chi connectivity index (χ4n) is 1.51. The Morgan fingerprint density at radius 1 is 1.76 bits per heavy atom. The van der Waals surface area contributed by atoms with Crippen molar-refractivity contribution in [3.05, 3.63) is 17.8 Å². The number of aromatic nitrogens is 1. The maximum absolute atomic E-state index is 11.2. The quantitative estimate of drug-likeness (QED) is 0.748. The van der Waals surface area contributed by atoms with Crippen LogP contribution in [0, 0.1) is 0 Å². The Kier molecular flexibility index (Phi) is 3.43. The minimum absolute atomic E-state index is 0.233. The molecule has 0 saturated carbocycles. The number of methoxy groups -OCH3 is 1. The molecule has 0 spiro atoms. The highest BCUT2D eigenvalue weighted by Crippen LogP contribution is 2.18. The summed E-state index contributed by atoms with van der Waals surface area (Å²) >= 11 is 0. The molecule has 0 amide bonds. The number of hydrogen-bond donors (Lipinski definition) is 2. The SMILES string of the molecule is COC(=O)c1cnc(NC[C@@H]2CCO2)c(N)c1. The van der Waals surface area contributed by atoms with Gasteiger partial charge in [0, 0.05) is 19.3 Å². The van der Waals surface area contributed by atoms with E-state index in [0.29, 0.717) is 23.6 Å². The van der Waals surface area contributed by atoms with Crippen LogP contribution < -0.4 is 11.1 Å². The molecule has 0 aromatic carbocycles. The van der Waals surface area contributed by atoms with Crippen molar-refractivity contribution in [2.75, 3.05) is 31.3 Å². The number of pyridine rings is 1. The van der Waals surface area contributed by atoms with E-state index in [9.17, 15) is 4.79 Å². The second-order valence-corrected chi connectivity index (χ2v) is 3.82. The van der Waals surface area contributed by atoms with Crippen molar-refractivity contribution in [2.45, 2.75) is 12.5 Å². The standard InChI is InChI=1S/C11H15N3O3/c1-16-11(15)7-4-9(12)10(13-5-7)14-6-8-2-3-17-8/h4-5,8H,2-3,6,12H2,1H3,(H,13,14)/t8-/m0/s1. The molecule has 0 unspecified atom stereocenters. The van der Waals surface area contributed by atoms with Crippen LogP contribution in [0.25, 0.3) is 0 Å². The third kappa shape index (κ3) is 2.65. The van der Waals surface area contributed by atoms with E-state index in [4.69, 9.17) is 10.5 Å². The lowest BCUT2D eigenvalue weighted by Crippen LogP contribution is -2.33. The van der Waals surface area contributed by atoms with Gasteiger partial charge < -0.3 is 20.5 Å². The van der Waals surface area contributed by atoms with Gasteiger partial charge in [-0.2, -0.15) is 0 Å². The Morgan fingerprint density at radius 3 is 3.06 bits per heavy atom. The number of nitrogens with one attached hydrogen (secondary N) is 1. The maximum Gasteiger partial charge on any atom is 0.339 e. The fourth-order valence-corrected chi connectivity index (χ4v) is 1.51. The molecular weight excluding hydrogens is 222 g/mol. The van der Waals surface area contributed by atoms with E-state index >= 15 is 0 Å². The predicted octanol–water partition coefficient (Wildman–Crippen LogP) is 0.651. The lowest BCUT2D eigenvalue weighted by Gasteiger charge is -2.26. The summed E-state index contributed by atoms with van der Waals surface area (Å²) in [6, 6.07) is 1.54. The Morgan fingerprint density at radius 2 is 2.53 bits per heavy atom. The first-order chi connectivity index (χ1) is 8.20. The molecule has 0 aliphatic carbocycles. The van der Waals surface area contributed by atoms with Crippen LogP contribution in [-0.4, -0.2) is 37.3 Å². The highest BCUT2D eigenvalue weighted by molar-refractivity contribution is 5.90. The van der Waals surface area contributed by atoms with Crippen LogP contribution in [0.15, 0.2) is 12.3 Å². The van der Waals surface area contributed by atoms with E-state index < -0.39 is 5.97 Å². The van der Waals surface area contributed by atoms with Crippen LogP contribution in [0.5, 0.6) is 0 Å². The number of nitrogen functional groups attached to an aromatic ring is 1. The van der Waals surface area contributed by atoms with Gasteiger partial charge in [0.1, 0.15) is 5.82 Å². The van der Waals surface area contributed by atoms with Crippen LogP contribution in [0.2, 0.25) is 0 Å². The van der Waals surface area contributed by atoms with E-state index in [-0.39, 0.29) is 6.10 Å². The zero-order valence-corrected chi connectivity index (χ0v) is 9.60. The second-order valence-electron chi connectivity index (χ2n) is 3.82. The molecule has 6 heteroatoms. The van der Waals surface area contributed by atoms with Crippen LogP contribution in [0.4, 0.5) is 11.5 Å². The van der Waals surface area contributed by atoms with Gasteiger partial charge in [0.05, 0.1) is 24.5 Å². The topological polar surface area (TPSA) is 86.5 Å². The number of ether oxygens (including phenoxy) is 2.